The van der Waals surface area contributed by atoms with E-state index in [1.807, 2.05) is 0 Å². The number of morpholine rings is 1. The second kappa shape index (κ2) is 5.95. The predicted molar refractivity (Wildman–Crippen MR) is 87.5 cm³/mol. The van der Waals surface area contributed by atoms with Crippen molar-refractivity contribution in [2.75, 3.05) is 54.5 Å². The molecule has 1 aromatic rings. The molecule has 1 atom stereocenters. The molecule has 0 aromatic heterocycles. The number of aliphatic hydroxyl groups is 1. The van der Waals surface area contributed by atoms with Crippen LogP contribution in [-0.4, -0.2) is 56.9 Å². The van der Waals surface area contributed by atoms with E-state index >= 15 is 0 Å². The summed E-state index contributed by atoms with van der Waals surface area (Å²) in [5.74, 6) is 0. The van der Waals surface area contributed by atoms with Gasteiger partial charge in [-0.2, -0.15) is 0 Å². The molecule has 3 aliphatic heterocycles. The maximum atomic E-state index is 10.4. The number of nitrogens with one attached hydrogen (secondary N) is 2. The highest BCUT2D eigenvalue weighted by atomic mass is 16.5. The maximum Gasteiger partial charge on any atom is 0.205 e. The zero-order chi connectivity index (χ0) is 14.9. The smallest absolute Gasteiger partial charge is 0.205 e. The second-order valence-corrected chi connectivity index (χ2v) is 6.21. The summed E-state index contributed by atoms with van der Waals surface area (Å²) >= 11 is 0. The van der Waals surface area contributed by atoms with Crippen molar-refractivity contribution in [3.8, 4) is 0 Å². The van der Waals surface area contributed by atoms with E-state index in [0.29, 0.717) is 6.04 Å². The van der Waals surface area contributed by atoms with Crippen LogP contribution in [0.4, 0.5) is 17.1 Å². The molecule has 0 saturated carbocycles. The summed E-state index contributed by atoms with van der Waals surface area (Å²) in [5, 5.41) is 17.0. The maximum absolute atomic E-state index is 10.4. The molecule has 1 aromatic carbocycles. The topological polar surface area (TPSA) is 60.0 Å². The number of hydrogen-bond acceptors (Lipinski definition) is 6. The van der Waals surface area contributed by atoms with Gasteiger partial charge in [0.05, 0.1) is 24.6 Å². The largest absolute Gasteiger partial charge is 0.378 e. The molecule has 3 aliphatic rings. The number of hydrogen-bond donors (Lipinski definition) is 3. The Labute approximate surface area is 131 Å². The molecule has 0 amide bonds. The molecular weight excluding hydrogens is 280 g/mol. The first-order chi connectivity index (χ1) is 10.8. The lowest BCUT2D eigenvalue weighted by Crippen LogP contribution is -2.48. The number of rotatable bonds is 2. The number of piperidine rings is 1. The third-order valence-electron chi connectivity index (χ3n) is 4.89. The fourth-order valence-electron chi connectivity index (χ4n) is 3.70. The Bertz CT molecular complexity index is 527. The van der Waals surface area contributed by atoms with Crippen molar-refractivity contribution < 1.29 is 9.84 Å². The number of fused-ring (bicyclic) bond motifs is 1. The monoisotopic (exact) mass is 304 g/mol. The van der Waals surface area contributed by atoms with Gasteiger partial charge < -0.3 is 30.3 Å². The molecule has 0 spiro atoms. The molecule has 3 heterocycles. The van der Waals surface area contributed by atoms with Gasteiger partial charge in [0, 0.05) is 24.8 Å². The summed E-state index contributed by atoms with van der Waals surface area (Å²) < 4.78 is 5.44. The van der Waals surface area contributed by atoms with E-state index in [1.165, 1.54) is 5.69 Å². The third kappa shape index (κ3) is 2.51. The summed E-state index contributed by atoms with van der Waals surface area (Å²) in [5.41, 5.74) is 3.38. The van der Waals surface area contributed by atoms with Crippen LogP contribution in [0.25, 0.3) is 0 Å². The molecule has 2 saturated heterocycles. The first kappa shape index (κ1) is 14.1. The van der Waals surface area contributed by atoms with Gasteiger partial charge in [0.15, 0.2) is 0 Å². The molecule has 0 aliphatic carbocycles. The van der Waals surface area contributed by atoms with E-state index in [2.05, 4.69) is 38.6 Å². The SMILES string of the molecule is OC1Nc2ccc(N3CCOCC3)cc2N1C1CCNCC1. The zero-order valence-electron chi connectivity index (χ0n) is 12.8. The van der Waals surface area contributed by atoms with E-state index in [-0.39, 0.29) is 0 Å². The van der Waals surface area contributed by atoms with Crippen molar-refractivity contribution in [1.29, 1.82) is 0 Å². The van der Waals surface area contributed by atoms with Crippen molar-refractivity contribution in [3.05, 3.63) is 18.2 Å². The lowest BCUT2D eigenvalue weighted by molar-refractivity contribution is 0.122. The molecule has 1 unspecified atom stereocenters. The summed E-state index contributed by atoms with van der Waals surface area (Å²) in [4.78, 5) is 4.51. The lowest BCUT2D eigenvalue weighted by Gasteiger charge is -2.35. The van der Waals surface area contributed by atoms with Crippen LogP contribution in [0.3, 0.4) is 0 Å². The number of nitrogens with zero attached hydrogens (tertiary/aromatic N) is 2. The molecule has 3 N–H and O–H groups in total. The number of aliphatic hydroxyl groups excluding tert-OH is 1. The van der Waals surface area contributed by atoms with E-state index in [0.717, 1.165) is 63.6 Å². The minimum Gasteiger partial charge on any atom is -0.378 e. The Balaban J connectivity index is 1.61. The quantitative estimate of drug-likeness (QED) is 0.751. The minimum absolute atomic E-state index is 0.393. The Kier molecular flexibility index (Phi) is 3.82. The van der Waals surface area contributed by atoms with Gasteiger partial charge >= 0.3 is 0 Å². The highest BCUT2D eigenvalue weighted by Crippen LogP contribution is 2.39. The standard InChI is InChI=1S/C16H24N4O2/c21-16-18-14-2-1-13(19-7-9-22-10-8-19)11-15(14)20(16)12-3-5-17-6-4-12/h1-2,11-12,16-18,21H,3-10H2. The molecule has 2 fully saturated rings. The molecule has 0 bridgehead atoms. The fourth-order valence-corrected chi connectivity index (χ4v) is 3.70. The first-order valence-corrected chi connectivity index (χ1v) is 8.23. The first-order valence-electron chi connectivity index (χ1n) is 8.23. The normalized spacial score (nSPS) is 26.0. The minimum atomic E-state index is -0.613. The van der Waals surface area contributed by atoms with Crippen LogP contribution in [0.1, 0.15) is 12.8 Å². The average Bonchev–Trinajstić information content (AvgIpc) is 2.91. The lowest BCUT2D eigenvalue weighted by atomic mass is 10.0. The Morgan fingerprint density at radius 1 is 1.14 bits per heavy atom. The fraction of sp³-hybridized carbons (Fsp3) is 0.625. The van der Waals surface area contributed by atoms with Crippen LogP contribution >= 0.6 is 0 Å². The molecule has 6 nitrogen and oxygen atoms in total. The van der Waals surface area contributed by atoms with E-state index in [4.69, 9.17) is 4.74 Å². The highest BCUT2D eigenvalue weighted by molar-refractivity contribution is 5.80. The highest BCUT2D eigenvalue weighted by Gasteiger charge is 2.33. The third-order valence-corrected chi connectivity index (χ3v) is 4.89. The van der Waals surface area contributed by atoms with Crippen LogP contribution in [0.2, 0.25) is 0 Å². The molecule has 4 rings (SSSR count). The van der Waals surface area contributed by atoms with Crippen molar-refractivity contribution in [1.82, 2.24) is 5.32 Å². The van der Waals surface area contributed by atoms with Gasteiger partial charge in [-0.25, -0.2) is 0 Å². The molecule has 22 heavy (non-hydrogen) atoms. The van der Waals surface area contributed by atoms with Crippen LogP contribution in [-0.2, 0) is 4.74 Å². The second-order valence-electron chi connectivity index (χ2n) is 6.21. The number of benzene rings is 1. The van der Waals surface area contributed by atoms with Gasteiger partial charge in [-0.15, -0.1) is 0 Å². The van der Waals surface area contributed by atoms with Gasteiger partial charge in [-0.1, -0.05) is 0 Å². The number of ether oxygens (including phenoxy) is 1. The van der Waals surface area contributed by atoms with E-state index in [9.17, 15) is 5.11 Å². The van der Waals surface area contributed by atoms with Crippen molar-refractivity contribution in [2.24, 2.45) is 0 Å². The summed E-state index contributed by atoms with van der Waals surface area (Å²) in [6.07, 6.45) is 1.53. The van der Waals surface area contributed by atoms with Crippen LogP contribution < -0.4 is 20.4 Å². The van der Waals surface area contributed by atoms with Gasteiger partial charge in [-0.3, -0.25) is 0 Å². The Hall–Kier alpha value is -1.50. The molecule has 120 valence electrons. The van der Waals surface area contributed by atoms with Crippen LogP contribution in [0, 0.1) is 0 Å². The summed E-state index contributed by atoms with van der Waals surface area (Å²) in [6.45, 7) is 5.48. The average molecular weight is 304 g/mol. The molecular formula is C16H24N4O2. The predicted octanol–water partition coefficient (Wildman–Crippen LogP) is 0.783. The van der Waals surface area contributed by atoms with Gasteiger partial charge in [0.1, 0.15) is 0 Å². The summed E-state index contributed by atoms with van der Waals surface area (Å²) in [7, 11) is 0. The van der Waals surface area contributed by atoms with Crippen LogP contribution in [0.15, 0.2) is 18.2 Å². The Morgan fingerprint density at radius 2 is 1.91 bits per heavy atom. The van der Waals surface area contributed by atoms with E-state index < -0.39 is 6.35 Å². The van der Waals surface area contributed by atoms with Gasteiger partial charge in [0.2, 0.25) is 6.35 Å². The van der Waals surface area contributed by atoms with E-state index in [1.54, 1.807) is 0 Å². The zero-order valence-corrected chi connectivity index (χ0v) is 12.8. The van der Waals surface area contributed by atoms with Crippen molar-refractivity contribution in [2.45, 2.75) is 25.2 Å². The van der Waals surface area contributed by atoms with Crippen LogP contribution in [0.5, 0.6) is 0 Å². The van der Waals surface area contributed by atoms with Crippen molar-refractivity contribution in [3.63, 3.8) is 0 Å². The Morgan fingerprint density at radius 3 is 2.68 bits per heavy atom. The molecule has 0 radical (unpaired) electrons. The van der Waals surface area contributed by atoms with Crippen molar-refractivity contribution >= 4 is 17.1 Å². The van der Waals surface area contributed by atoms with Gasteiger partial charge in [0.25, 0.3) is 0 Å². The van der Waals surface area contributed by atoms with Gasteiger partial charge in [-0.05, 0) is 44.1 Å². The summed E-state index contributed by atoms with van der Waals surface area (Å²) in [6, 6.07) is 6.83. The molecule has 6 heteroatoms. The number of anilines is 3.